The van der Waals surface area contributed by atoms with Crippen LogP contribution in [0.2, 0.25) is 0 Å². The number of sulfonamides is 1. The molecule has 0 atom stereocenters. The number of piperazine rings is 1. The Morgan fingerprint density at radius 1 is 1.18 bits per heavy atom. The zero-order valence-electron chi connectivity index (χ0n) is 12.9. The number of likely N-dealkylation sites (N-methyl/N-ethyl adjacent to an activating group) is 1. The van der Waals surface area contributed by atoms with Crippen molar-refractivity contribution in [2.45, 2.75) is 18.7 Å². The summed E-state index contributed by atoms with van der Waals surface area (Å²) >= 11 is 1.42. The minimum Gasteiger partial charge on any atom is -0.355 e. The number of hydrogen-bond acceptors (Lipinski definition) is 6. The Hall–Kier alpha value is -1.22. The van der Waals surface area contributed by atoms with Gasteiger partial charge in [0.1, 0.15) is 0 Å². The third-order valence-corrected chi connectivity index (χ3v) is 7.04. The predicted octanol–water partition coefficient (Wildman–Crippen LogP) is 1.96. The summed E-state index contributed by atoms with van der Waals surface area (Å²) in [6.45, 7) is 6.26. The van der Waals surface area contributed by atoms with Gasteiger partial charge in [-0.15, -0.1) is 11.3 Å². The summed E-state index contributed by atoms with van der Waals surface area (Å²) < 4.78 is 32.5. The first-order chi connectivity index (χ1) is 10.4. The zero-order chi connectivity index (χ0) is 15.9. The van der Waals surface area contributed by atoms with E-state index < -0.39 is 10.0 Å². The molecule has 22 heavy (non-hydrogen) atoms. The highest BCUT2D eigenvalue weighted by atomic mass is 32.2. The Balaban J connectivity index is 1.92. The lowest BCUT2D eigenvalue weighted by Gasteiger charge is -2.31. The van der Waals surface area contributed by atoms with E-state index in [1.165, 1.54) is 11.3 Å². The Bertz CT molecular complexity index is 771. The summed E-state index contributed by atoms with van der Waals surface area (Å²) in [5.74, 6) is 0.616. The van der Waals surface area contributed by atoms with Crippen molar-refractivity contribution in [1.82, 2.24) is 14.4 Å². The monoisotopic (exact) mass is 341 g/mol. The lowest BCUT2D eigenvalue weighted by atomic mass is 10.3. The quantitative estimate of drug-likeness (QED) is 0.854. The number of hydrogen-bond donors (Lipinski definition) is 0. The van der Waals surface area contributed by atoms with Gasteiger partial charge in [0.15, 0.2) is 5.76 Å². The van der Waals surface area contributed by atoms with E-state index in [1.54, 1.807) is 10.4 Å². The number of thiophene rings is 1. The van der Waals surface area contributed by atoms with Crippen molar-refractivity contribution in [3.63, 3.8) is 0 Å². The summed E-state index contributed by atoms with van der Waals surface area (Å²) in [7, 11) is -1.44. The Kier molecular flexibility index (Phi) is 4.11. The molecule has 2 aromatic rings. The fourth-order valence-electron chi connectivity index (χ4n) is 2.49. The molecule has 120 valence electrons. The van der Waals surface area contributed by atoms with Gasteiger partial charge in [0.2, 0.25) is 10.0 Å². The molecule has 1 aliphatic heterocycles. The average Bonchev–Trinajstić information content (AvgIpc) is 3.05. The second kappa shape index (κ2) is 5.77. The van der Waals surface area contributed by atoms with Gasteiger partial charge < -0.3 is 9.42 Å². The Morgan fingerprint density at radius 2 is 1.86 bits per heavy atom. The van der Waals surface area contributed by atoms with Crippen LogP contribution in [0, 0.1) is 13.8 Å². The number of nitrogens with zero attached hydrogens (tertiary/aromatic N) is 3. The van der Waals surface area contributed by atoms with Crippen LogP contribution >= 0.6 is 11.3 Å². The van der Waals surface area contributed by atoms with Crippen LogP contribution in [0.15, 0.2) is 21.6 Å². The van der Waals surface area contributed by atoms with E-state index in [0.29, 0.717) is 23.7 Å². The highest BCUT2D eigenvalue weighted by molar-refractivity contribution is 7.89. The molecule has 0 saturated carbocycles. The van der Waals surface area contributed by atoms with Crippen molar-refractivity contribution in [3.05, 3.63) is 22.7 Å². The van der Waals surface area contributed by atoms with Crippen LogP contribution < -0.4 is 0 Å². The van der Waals surface area contributed by atoms with Crippen molar-refractivity contribution in [2.24, 2.45) is 0 Å². The van der Waals surface area contributed by atoms with E-state index >= 15 is 0 Å². The molecule has 0 amide bonds. The smallest absolute Gasteiger partial charge is 0.244 e. The molecule has 1 aliphatic rings. The van der Waals surface area contributed by atoms with Gasteiger partial charge in [-0.1, -0.05) is 5.16 Å². The van der Waals surface area contributed by atoms with Gasteiger partial charge in [-0.3, -0.25) is 0 Å². The molecule has 0 bridgehead atoms. The van der Waals surface area contributed by atoms with Crippen LogP contribution in [-0.2, 0) is 10.0 Å². The van der Waals surface area contributed by atoms with E-state index in [9.17, 15) is 8.42 Å². The van der Waals surface area contributed by atoms with E-state index in [0.717, 1.165) is 28.5 Å². The standard InChI is InChI=1S/C14H19N3O3S2/c1-10-8-12(20-15-10)13-9-14(11(2)21-13)22(18,19)17-6-4-16(3)5-7-17/h8-9H,4-7H2,1-3H3. The zero-order valence-corrected chi connectivity index (χ0v) is 14.5. The Labute approximate surface area is 134 Å². The van der Waals surface area contributed by atoms with Gasteiger partial charge in [-0.05, 0) is 27.0 Å². The second-order valence-electron chi connectivity index (χ2n) is 5.57. The molecular weight excluding hydrogens is 322 g/mol. The molecule has 1 fully saturated rings. The number of rotatable bonds is 3. The summed E-state index contributed by atoms with van der Waals surface area (Å²) in [5.41, 5.74) is 0.782. The van der Waals surface area contributed by atoms with Crippen LogP contribution in [0.3, 0.4) is 0 Å². The van der Waals surface area contributed by atoms with Crippen molar-refractivity contribution < 1.29 is 12.9 Å². The fourth-order valence-corrected chi connectivity index (χ4v) is 5.42. The molecular formula is C14H19N3O3S2. The lowest BCUT2D eigenvalue weighted by molar-refractivity contribution is 0.222. The summed E-state index contributed by atoms with van der Waals surface area (Å²) in [6.07, 6.45) is 0. The first-order valence-electron chi connectivity index (χ1n) is 7.11. The summed E-state index contributed by atoms with van der Waals surface area (Å²) in [5, 5.41) is 3.86. The van der Waals surface area contributed by atoms with Crippen molar-refractivity contribution in [1.29, 1.82) is 0 Å². The highest BCUT2D eigenvalue weighted by Gasteiger charge is 2.30. The van der Waals surface area contributed by atoms with Gasteiger partial charge in [-0.2, -0.15) is 4.31 Å². The normalized spacial score (nSPS) is 18.0. The van der Waals surface area contributed by atoms with Crippen LogP contribution in [0.25, 0.3) is 10.6 Å². The first-order valence-corrected chi connectivity index (χ1v) is 9.36. The molecule has 0 N–H and O–H groups in total. The van der Waals surface area contributed by atoms with Crippen molar-refractivity contribution >= 4 is 21.4 Å². The maximum absolute atomic E-state index is 12.8. The fraction of sp³-hybridized carbons (Fsp3) is 0.500. The van der Waals surface area contributed by atoms with E-state index in [-0.39, 0.29) is 0 Å². The van der Waals surface area contributed by atoms with Crippen molar-refractivity contribution in [2.75, 3.05) is 33.2 Å². The maximum atomic E-state index is 12.8. The molecule has 0 unspecified atom stereocenters. The third-order valence-electron chi connectivity index (χ3n) is 3.82. The molecule has 8 heteroatoms. The van der Waals surface area contributed by atoms with Crippen molar-refractivity contribution in [3.8, 4) is 10.6 Å². The van der Waals surface area contributed by atoms with Gasteiger partial charge in [-0.25, -0.2) is 8.42 Å². The number of aryl methyl sites for hydroxylation is 2. The van der Waals surface area contributed by atoms with E-state index in [2.05, 4.69) is 10.1 Å². The molecule has 0 aliphatic carbocycles. The minimum atomic E-state index is -3.44. The van der Waals surface area contributed by atoms with Gasteiger partial charge in [0, 0.05) is 37.1 Å². The van der Waals surface area contributed by atoms with Crippen LogP contribution in [0.5, 0.6) is 0 Å². The second-order valence-corrected chi connectivity index (χ2v) is 8.73. The highest BCUT2D eigenvalue weighted by Crippen LogP contribution is 2.35. The summed E-state index contributed by atoms with van der Waals surface area (Å²) in [4.78, 5) is 4.09. The lowest BCUT2D eigenvalue weighted by Crippen LogP contribution is -2.47. The van der Waals surface area contributed by atoms with Crippen LogP contribution in [0.4, 0.5) is 0 Å². The van der Waals surface area contributed by atoms with E-state index in [1.807, 2.05) is 27.0 Å². The first kappa shape index (κ1) is 15.7. The third kappa shape index (κ3) is 2.83. The summed E-state index contributed by atoms with van der Waals surface area (Å²) in [6, 6.07) is 3.52. The minimum absolute atomic E-state index is 0.381. The topological polar surface area (TPSA) is 66.7 Å². The Morgan fingerprint density at radius 3 is 2.45 bits per heavy atom. The number of aromatic nitrogens is 1. The molecule has 2 aromatic heterocycles. The molecule has 3 rings (SSSR count). The predicted molar refractivity (Wildman–Crippen MR) is 85.5 cm³/mol. The molecule has 0 aromatic carbocycles. The SMILES string of the molecule is Cc1cc(-c2cc(S(=O)(=O)N3CCN(C)CC3)c(C)s2)on1. The van der Waals surface area contributed by atoms with Gasteiger partial charge >= 0.3 is 0 Å². The average molecular weight is 341 g/mol. The molecule has 6 nitrogen and oxygen atoms in total. The van der Waals surface area contributed by atoms with Crippen LogP contribution in [0.1, 0.15) is 10.6 Å². The molecule has 3 heterocycles. The largest absolute Gasteiger partial charge is 0.355 e. The molecule has 1 saturated heterocycles. The molecule has 0 spiro atoms. The van der Waals surface area contributed by atoms with Gasteiger partial charge in [0.25, 0.3) is 0 Å². The van der Waals surface area contributed by atoms with Crippen LogP contribution in [-0.4, -0.2) is 56.0 Å². The van der Waals surface area contributed by atoms with Gasteiger partial charge in [0.05, 0.1) is 15.5 Å². The molecule has 0 radical (unpaired) electrons. The maximum Gasteiger partial charge on any atom is 0.244 e. The van der Waals surface area contributed by atoms with E-state index in [4.69, 9.17) is 4.52 Å².